The summed E-state index contributed by atoms with van der Waals surface area (Å²) < 4.78 is 5.02. The van der Waals surface area contributed by atoms with Gasteiger partial charge in [0.05, 0.1) is 13.2 Å². The highest BCUT2D eigenvalue weighted by Crippen LogP contribution is 2.27. The Morgan fingerprint density at radius 2 is 1.80 bits per heavy atom. The van der Waals surface area contributed by atoms with Crippen LogP contribution in [0.1, 0.15) is 12.5 Å². The van der Waals surface area contributed by atoms with Crippen LogP contribution in [0.15, 0.2) is 54.6 Å². The molecule has 2 aromatic rings. The highest BCUT2D eigenvalue weighted by Gasteiger charge is 2.25. The van der Waals surface area contributed by atoms with Gasteiger partial charge in [-0.25, -0.2) is 0 Å². The summed E-state index contributed by atoms with van der Waals surface area (Å²) in [5.41, 5.74) is 3.06. The monoisotopic (exact) mass is 338 g/mol. The van der Waals surface area contributed by atoms with Gasteiger partial charge in [-0.2, -0.15) is 0 Å². The molecule has 0 aromatic heterocycles. The summed E-state index contributed by atoms with van der Waals surface area (Å²) in [4.78, 5) is 28.4. The van der Waals surface area contributed by atoms with Crippen LogP contribution in [-0.4, -0.2) is 38.1 Å². The van der Waals surface area contributed by atoms with E-state index in [1.165, 1.54) is 10.5 Å². The van der Waals surface area contributed by atoms with E-state index in [1.807, 2.05) is 48.5 Å². The number of para-hydroxylation sites is 2. The van der Waals surface area contributed by atoms with Gasteiger partial charge >= 0.3 is 5.97 Å². The normalized spacial score (nSPS) is 12.6. The Bertz CT molecular complexity index is 746. The number of carbonyl (C=O) groups is 2. The van der Waals surface area contributed by atoms with Crippen molar-refractivity contribution in [3.05, 3.63) is 60.2 Å². The van der Waals surface area contributed by atoms with E-state index < -0.39 is 5.97 Å². The Labute approximate surface area is 147 Å². The Kier molecular flexibility index (Phi) is 5.33. The van der Waals surface area contributed by atoms with Gasteiger partial charge in [0, 0.05) is 17.9 Å². The zero-order valence-corrected chi connectivity index (χ0v) is 14.4. The first-order valence-electron chi connectivity index (χ1n) is 8.53. The Balaban J connectivity index is 1.76. The number of esters is 1. The van der Waals surface area contributed by atoms with Crippen LogP contribution in [0.2, 0.25) is 0 Å². The van der Waals surface area contributed by atoms with Crippen molar-refractivity contribution in [2.24, 2.45) is 0 Å². The second-order valence-electron chi connectivity index (χ2n) is 5.92. The number of anilines is 2. The number of nitrogens with zero attached hydrogens (tertiary/aromatic N) is 2. The van der Waals surface area contributed by atoms with Gasteiger partial charge in [-0.1, -0.05) is 36.4 Å². The Morgan fingerprint density at radius 1 is 1.08 bits per heavy atom. The van der Waals surface area contributed by atoms with Crippen LogP contribution >= 0.6 is 0 Å². The Hall–Kier alpha value is -2.82. The van der Waals surface area contributed by atoms with Gasteiger partial charge in [0.2, 0.25) is 5.91 Å². The number of hydrogen-bond donors (Lipinski definition) is 0. The molecular weight excluding hydrogens is 316 g/mol. The molecule has 0 aliphatic carbocycles. The van der Waals surface area contributed by atoms with Crippen molar-refractivity contribution in [2.75, 3.05) is 36.0 Å². The molecular formula is C20H22N2O3. The molecule has 1 aliphatic rings. The van der Waals surface area contributed by atoms with E-state index in [1.54, 1.807) is 6.92 Å². The fourth-order valence-electron chi connectivity index (χ4n) is 3.09. The molecule has 25 heavy (non-hydrogen) atoms. The van der Waals surface area contributed by atoms with Gasteiger partial charge in [-0.15, -0.1) is 0 Å². The molecule has 5 nitrogen and oxygen atoms in total. The average Bonchev–Trinajstić information content (AvgIpc) is 3.04. The maximum atomic E-state index is 12.9. The van der Waals surface area contributed by atoms with Crippen molar-refractivity contribution in [2.45, 2.75) is 13.3 Å². The average molecular weight is 338 g/mol. The summed E-state index contributed by atoms with van der Waals surface area (Å²) in [6, 6.07) is 17.4. The minimum atomic E-state index is -0.401. The van der Waals surface area contributed by atoms with Gasteiger partial charge < -0.3 is 9.64 Å². The van der Waals surface area contributed by atoms with Crippen LogP contribution in [0, 0.1) is 0 Å². The molecule has 0 saturated carbocycles. The van der Waals surface area contributed by atoms with E-state index in [-0.39, 0.29) is 19.0 Å². The van der Waals surface area contributed by atoms with E-state index >= 15 is 0 Å². The number of carbonyl (C=O) groups excluding carboxylic acids is 2. The zero-order chi connectivity index (χ0) is 17.6. The van der Waals surface area contributed by atoms with Crippen LogP contribution in [0.4, 0.5) is 11.4 Å². The second kappa shape index (κ2) is 7.83. The van der Waals surface area contributed by atoms with Crippen LogP contribution < -0.4 is 9.80 Å². The maximum Gasteiger partial charge on any atom is 0.326 e. The topological polar surface area (TPSA) is 49.9 Å². The van der Waals surface area contributed by atoms with Crippen molar-refractivity contribution in [3.63, 3.8) is 0 Å². The first-order valence-corrected chi connectivity index (χ1v) is 8.53. The van der Waals surface area contributed by atoms with Crippen molar-refractivity contribution < 1.29 is 14.3 Å². The summed E-state index contributed by atoms with van der Waals surface area (Å²) in [7, 11) is 0. The highest BCUT2D eigenvalue weighted by atomic mass is 16.5. The number of ether oxygens (including phenoxy) is 1. The molecule has 0 saturated heterocycles. The predicted octanol–water partition coefficient (Wildman–Crippen LogP) is 2.65. The van der Waals surface area contributed by atoms with Crippen LogP contribution in [0.3, 0.4) is 0 Å². The lowest BCUT2D eigenvalue weighted by Crippen LogP contribution is -2.43. The number of fused-ring (bicyclic) bond motifs is 1. The molecule has 0 fully saturated rings. The van der Waals surface area contributed by atoms with Crippen LogP contribution in [0.5, 0.6) is 0 Å². The molecule has 1 heterocycles. The molecule has 2 aromatic carbocycles. The van der Waals surface area contributed by atoms with E-state index in [0.717, 1.165) is 18.7 Å². The predicted molar refractivity (Wildman–Crippen MR) is 97.8 cm³/mol. The quantitative estimate of drug-likeness (QED) is 0.760. The van der Waals surface area contributed by atoms with Gasteiger partial charge in [0.25, 0.3) is 0 Å². The lowest BCUT2D eigenvalue weighted by Gasteiger charge is -2.26. The number of amides is 1. The second-order valence-corrected chi connectivity index (χ2v) is 5.92. The molecule has 1 aliphatic heterocycles. The number of hydrogen-bond acceptors (Lipinski definition) is 4. The first kappa shape index (κ1) is 17.0. The number of benzene rings is 2. The molecule has 0 bridgehead atoms. The van der Waals surface area contributed by atoms with Gasteiger partial charge in [0.15, 0.2) is 0 Å². The standard InChI is InChI=1S/C20H22N2O3/c1-2-25-20(24)15-22(17-9-4-3-5-10-17)19(23)14-21-13-12-16-8-6-7-11-18(16)21/h3-11H,2,12-15H2,1H3. The summed E-state index contributed by atoms with van der Waals surface area (Å²) in [6.07, 6.45) is 0.937. The summed E-state index contributed by atoms with van der Waals surface area (Å²) in [5.74, 6) is -0.516. The van der Waals surface area contributed by atoms with E-state index in [4.69, 9.17) is 4.74 Å². The van der Waals surface area contributed by atoms with E-state index in [0.29, 0.717) is 12.3 Å². The van der Waals surface area contributed by atoms with Crippen molar-refractivity contribution >= 4 is 23.3 Å². The smallest absolute Gasteiger partial charge is 0.326 e. The molecule has 0 atom stereocenters. The first-order chi connectivity index (χ1) is 12.2. The fourth-order valence-corrected chi connectivity index (χ4v) is 3.09. The van der Waals surface area contributed by atoms with Crippen molar-refractivity contribution in [1.82, 2.24) is 0 Å². The lowest BCUT2D eigenvalue weighted by molar-refractivity contribution is -0.142. The minimum absolute atomic E-state index is 0.0772. The van der Waals surface area contributed by atoms with E-state index in [2.05, 4.69) is 11.0 Å². The molecule has 130 valence electrons. The molecule has 3 rings (SSSR count). The SMILES string of the molecule is CCOC(=O)CN(C(=O)CN1CCc2ccccc21)c1ccccc1. The fraction of sp³-hybridized carbons (Fsp3) is 0.300. The van der Waals surface area contributed by atoms with Crippen molar-refractivity contribution in [1.29, 1.82) is 0 Å². The molecule has 0 radical (unpaired) electrons. The van der Waals surface area contributed by atoms with Crippen molar-refractivity contribution in [3.8, 4) is 0 Å². The zero-order valence-electron chi connectivity index (χ0n) is 14.4. The lowest BCUT2D eigenvalue weighted by atomic mass is 10.2. The third-order valence-electron chi connectivity index (χ3n) is 4.27. The number of rotatable bonds is 6. The molecule has 5 heteroatoms. The summed E-state index contributed by atoms with van der Waals surface area (Å²) in [5, 5.41) is 0. The van der Waals surface area contributed by atoms with Crippen LogP contribution in [-0.2, 0) is 20.7 Å². The third kappa shape index (κ3) is 3.99. The van der Waals surface area contributed by atoms with Gasteiger partial charge in [0.1, 0.15) is 6.54 Å². The molecule has 1 amide bonds. The summed E-state index contributed by atoms with van der Waals surface area (Å²) >= 11 is 0. The third-order valence-corrected chi connectivity index (χ3v) is 4.27. The summed E-state index contributed by atoms with van der Waals surface area (Å²) in [6.45, 7) is 3.04. The van der Waals surface area contributed by atoms with Gasteiger partial charge in [-0.05, 0) is 37.1 Å². The van der Waals surface area contributed by atoms with E-state index in [9.17, 15) is 9.59 Å². The molecule has 0 unspecified atom stereocenters. The molecule has 0 N–H and O–H groups in total. The molecule has 0 spiro atoms. The minimum Gasteiger partial charge on any atom is -0.465 e. The van der Waals surface area contributed by atoms with Gasteiger partial charge in [-0.3, -0.25) is 14.5 Å². The highest BCUT2D eigenvalue weighted by molar-refractivity contribution is 6.00. The maximum absolute atomic E-state index is 12.9. The largest absolute Gasteiger partial charge is 0.465 e. The van der Waals surface area contributed by atoms with Crippen LogP contribution in [0.25, 0.3) is 0 Å². The Morgan fingerprint density at radius 3 is 2.56 bits per heavy atom.